The highest BCUT2D eigenvalue weighted by Gasteiger charge is 2.53. The predicted molar refractivity (Wildman–Crippen MR) is 221 cm³/mol. The number of benzene rings is 7. The minimum atomic E-state index is -0.430. The number of aromatic nitrogens is 1. The fourth-order valence-corrected chi connectivity index (χ4v) is 9.78. The van der Waals surface area contributed by atoms with Crippen molar-refractivity contribution >= 4 is 34.4 Å². The van der Waals surface area contributed by atoms with Gasteiger partial charge in [-0.1, -0.05) is 140 Å². The lowest BCUT2D eigenvalue weighted by Crippen LogP contribution is -2.43. The summed E-state index contributed by atoms with van der Waals surface area (Å²) in [5.41, 5.74) is 15.4. The van der Waals surface area contributed by atoms with Crippen molar-refractivity contribution in [2.45, 2.75) is 50.2 Å². The molecule has 4 aliphatic rings. The van der Waals surface area contributed by atoms with Crippen LogP contribution in [0, 0.1) is 0 Å². The van der Waals surface area contributed by atoms with Gasteiger partial charge in [0.15, 0.2) is 0 Å². The van der Waals surface area contributed by atoms with Crippen LogP contribution in [0.2, 0.25) is 0 Å². The Morgan fingerprint density at radius 1 is 0.481 bits per heavy atom. The van der Waals surface area contributed by atoms with Gasteiger partial charge in [0.1, 0.15) is 0 Å². The zero-order valence-electron chi connectivity index (χ0n) is 31.0. The third kappa shape index (κ3) is 4.21. The molecule has 0 unspecified atom stereocenters. The van der Waals surface area contributed by atoms with Gasteiger partial charge in [-0.3, -0.25) is 0 Å². The maximum Gasteiger partial charge on any atom is 0.494 e. The molecular weight excluding hydrogens is 657 g/mol. The third-order valence-electron chi connectivity index (χ3n) is 13.0. The van der Waals surface area contributed by atoms with Crippen molar-refractivity contribution in [2.24, 2.45) is 0 Å². The highest BCUT2D eigenvalue weighted by molar-refractivity contribution is 6.62. The van der Waals surface area contributed by atoms with Crippen LogP contribution in [-0.4, -0.2) is 22.9 Å². The Hall–Kier alpha value is -5.68. The summed E-state index contributed by atoms with van der Waals surface area (Å²) in [6.07, 6.45) is 0. The van der Waals surface area contributed by atoms with Crippen LogP contribution in [0.5, 0.6) is 0 Å². The van der Waals surface area contributed by atoms with Crippen LogP contribution < -0.4 is 5.46 Å². The SMILES string of the molecule is CC1(C)OB(c2ccc3c4ccc(-c5ccc(C67c8ccccc8C(c8ccccc86)c6ccccc67)cc5)cc4n(-c4ccccc4)c3c2)OC1(C)C. The van der Waals surface area contributed by atoms with Crippen molar-refractivity contribution in [3.63, 3.8) is 0 Å². The quantitative estimate of drug-likeness (QED) is 0.171. The molecule has 1 saturated heterocycles. The summed E-state index contributed by atoms with van der Waals surface area (Å²) in [6, 6.07) is 61.0. The first-order chi connectivity index (χ1) is 26.3. The molecule has 54 heavy (non-hydrogen) atoms. The molecule has 260 valence electrons. The van der Waals surface area contributed by atoms with Crippen molar-refractivity contribution < 1.29 is 9.31 Å². The van der Waals surface area contributed by atoms with Crippen LogP contribution in [-0.2, 0) is 14.7 Å². The van der Waals surface area contributed by atoms with E-state index in [0.717, 1.165) is 16.7 Å². The second-order valence-electron chi connectivity index (χ2n) is 16.3. The fraction of sp³-hybridized carbons (Fsp3) is 0.160. The predicted octanol–water partition coefficient (Wildman–Crippen LogP) is 10.9. The van der Waals surface area contributed by atoms with Gasteiger partial charge < -0.3 is 13.9 Å². The highest BCUT2D eigenvalue weighted by Crippen LogP contribution is 2.61. The summed E-state index contributed by atoms with van der Waals surface area (Å²) in [5, 5.41) is 2.43. The molecule has 2 heterocycles. The molecule has 1 aliphatic heterocycles. The number of nitrogens with zero attached hydrogens (tertiary/aromatic N) is 1. The summed E-state index contributed by atoms with van der Waals surface area (Å²) in [5.74, 6) is 0.255. The van der Waals surface area contributed by atoms with E-state index in [4.69, 9.17) is 9.31 Å². The zero-order chi connectivity index (χ0) is 36.4. The minimum absolute atomic E-state index is 0.255. The summed E-state index contributed by atoms with van der Waals surface area (Å²) in [6.45, 7) is 8.43. The third-order valence-corrected chi connectivity index (χ3v) is 13.0. The van der Waals surface area contributed by atoms with Crippen LogP contribution in [0.1, 0.15) is 72.6 Å². The summed E-state index contributed by atoms with van der Waals surface area (Å²) < 4.78 is 15.4. The second-order valence-corrected chi connectivity index (χ2v) is 16.3. The Labute approximate surface area is 317 Å². The number of rotatable bonds is 4. The summed E-state index contributed by atoms with van der Waals surface area (Å²) in [4.78, 5) is 0. The van der Waals surface area contributed by atoms with E-state index in [1.807, 2.05) is 0 Å². The molecule has 1 aromatic heterocycles. The molecule has 3 nitrogen and oxygen atoms in total. The summed E-state index contributed by atoms with van der Waals surface area (Å²) >= 11 is 0. The zero-order valence-corrected chi connectivity index (χ0v) is 31.0. The van der Waals surface area contributed by atoms with Gasteiger partial charge in [-0.15, -0.1) is 0 Å². The first kappa shape index (κ1) is 31.8. The van der Waals surface area contributed by atoms with E-state index < -0.39 is 18.3 Å². The van der Waals surface area contributed by atoms with Gasteiger partial charge in [0.05, 0.1) is 27.7 Å². The van der Waals surface area contributed by atoms with Gasteiger partial charge in [0, 0.05) is 22.4 Å². The van der Waals surface area contributed by atoms with Crippen LogP contribution in [0.15, 0.2) is 164 Å². The molecule has 0 amide bonds. The Bertz CT molecular complexity index is 2660. The Kier molecular flexibility index (Phi) is 6.58. The molecule has 0 radical (unpaired) electrons. The number of hydrogen-bond acceptors (Lipinski definition) is 2. The second kappa shape index (κ2) is 11.2. The molecule has 12 rings (SSSR count). The Morgan fingerprint density at radius 2 is 0.963 bits per heavy atom. The molecule has 3 aliphatic carbocycles. The van der Waals surface area contributed by atoms with Gasteiger partial charge in [-0.25, -0.2) is 0 Å². The van der Waals surface area contributed by atoms with Crippen molar-refractivity contribution in [3.8, 4) is 16.8 Å². The smallest absolute Gasteiger partial charge is 0.399 e. The average Bonchev–Trinajstić information content (AvgIpc) is 3.65. The molecule has 8 aromatic rings. The van der Waals surface area contributed by atoms with E-state index in [1.165, 1.54) is 66.4 Å². The molecule has 0 N–H and O–H groups in total. The van der Waals surface area contributed by atoms with Gasteiger partial charge in [0.2, 0.25) is 0 Å². The van der Waals surface area contributed by atoms with Crippen LogP contribution in [0.4, 0.5) is 0 Å². The van der Waals surface area contributed by atoms with Crippen LogP contribution in [0.25, 0.3) is 38.6 Å². The molecule has 4 heteroatoms. The number of hydrogen-bond donors (Lipinski definition) is 0. The van der Waals surface area contributed by atoms with Crippen molar-refractivity contribution in [1.82, 2.24) is 4.57 Å². The van der Waals surface area contributed by atoms with Crippen molar-refractivity contribution in [1.29, 1.82) is 0 Å². The fourth-order valence-electron chi connectivity index (χ4n) is 9.78. The average molecular weight is 698 g/mol. The number of para-hydroxylation sites is 1. The monoisotopic (exact) mass is 697 g/mol. The maximum atomic E-state index is 6.49. The van der Waals surface area contributed by atoms with E-state index in [1.54, 1.807) is 0 Å². The van der Waals surface area contributed by atoms with Crippen molar-refractivity contribution in [2.75, 3.05) is 0 Å². The maximum absolute atomic E-state index is 6.49. The van der Waals surface area contributed by atoms with E-state index >= 15 is 0 Å². The van der Waals surface area contributed by atoms with Crippen LogP contribution in [0.3, 0.4) is 0 Å². The largest absolute Gasteiger partial charge is 0.494 e. The Morgan fingerprint density at radius 3 is 1.54 bits per heavy atom. The van der Waals surface area contributed by atoms with E-state index in [9.17, 15) is 0 Å². The Balaban J connectivity index is 1.07. The van der Waals surface area contributed by atoms with Crippen molar-refractivity contribution in [3.05, 3.63) is 203 Å². The van der Waals surface area contributed by atoms with Gasteiger partial charge in [0.25, 0.3) is 0 Å². The van der Waals surface area contributed by atoms with Gasteiger partial charge in [-0.2, -0.15) is 0 Å². The molecule has 0 spiro atoms. The number of fused-ring (bicyclic) bond motifs is 3. The highest BCUT2D eigenvalue weighted by atomic mass is 16.7. The minimum Gasteiger partial charge on any atom is -0.399 e. The lowest BCUT2D eigenvalue weighted by Gasteiger charge is -2.51. The topological polar surface area (TPSA) is 23.4 Å². The molecular formula is C50H40BNO2. The normalized spacial score (nSPS) is 20.2. The lowest BCUT2D eigenvalue weighted by atomic mass is 9.51. The van der Waals surface area contributed by atoms with Gasteiger partial charge >= 0.3 is 7.12 Å². The van der Waals surface area contributed by atoms with Gasteiger partial charge in [-0.05, 0) is 107 Å². The molecule has 0 saturated carbocycles. The lowest BCUT2D eigenvalue weighted by molar-refractivity contribution is 0.00578. The van der Waals surface area contributed by atoms with E-state index in [0.29, 0.717) is 0 Å². The molecule has 2 bridgehead atoms. The molecule has 0 atom stereocenters. The first-order valence-corrected chi connectivity index (χ1v) is 19.1. The molecule has 1 fully saturated rings. The molecule has 7 aromatic carbocycles. The first-order valence-electron chi connectivity index (χ1n) is 19.1. The standard InChI is InChI=1S/C50H40BNO2/c1-48(2)49(3,4)54-51(53-48)35-27-29-38-37-28-24-33(30-45(37)52(46(38)31-35)36-14-6-5-7-15-36)32-22-25-34(26-23-32)50-42-19-11-8-16-39(42)47(40-17-9-12-20-43(40)50)41-18-10-13-21-44(41)50/h5-31,47H,1-4H3. The van der Waals surface area contributed by atoms with E-state index in [-0.39, 0.29) is 11.3 Å². The van der Waals surface area contributed by atoms with E-state index in [2.05, 4.69) is 196 Å². The van der Waals surface area contributed by atoms with Crippen LogP contribution >= 0.6 is 0 Å². The summed E-state index contributed by atoms with van der Waals surface area (Å²) in [7, 11) is -0.430.